The van der Waals surface area contributed by atoms with Crippen molar-refractivity contribution in [2.75, 3.05) is 18.8 Å². The summed E-state index contributed by atoms with van der Waals surface area (Å²) in [5, 5.41) is 2.87. The largest absolute Gasteiger partial charge is 0.350 e. The van der Waals surface area contributed by atoms with Crippen LogP contribution in [0.15, 0.2) is 35.2 Å². The fraction of sp³-hybridized carbons (Fsp3) is 0.500. The van der Waals surface area contributed by atoms with Gasteiger partial charge in [-0.05, 0) is 39.8 Å². The minimum absolute atomic E-state index is 0.0181. The number of hydrogen-bond donors (Lipinski definition) is 1. The molecule has 0 radical (unpaired) electrons. The van der Waals surface area contributed by atoms with E-state index in [4.69, 9.17) is 0 Å². The van der Waals surface area contributed by atoms with Gasteiger partial charge >= 0.3 is 0 Å². The van der Waals surface area contributed by atoms with Crippen LogP contribution in [0.1, 0.15) is 27.7 Å². The third kappa shape index (κ3) is 7.18. The average molecular weight is 308 g/mol. The van der Waals surface area contributed by atoms with Crippen molar-refractivity contribution >= 4 is 23.6 Å². The van der Waals surface area contributed by atoms with E-state index < -0.39 is 0 Å². The van der Waals surface area contributed by atoms with Crippen LogP contribution in [0, 0.1) is 0 Å². The quantitative estimate of drug-likeness (QED) is 0.822. The van der Waals surface area contributed by atoms with Gasteiger partial charge in [0.2, 0.25) is 11.8 Å². The molecule has 2 amide bonds. The molecular formula is C16H24N2O2S. The molecular weight excluding hydrogens is 284 g/mol. The van der Waals surface area contributed by atoms with E-state index in [1.54, 1.807) is 4.90 Å². The number of amides is 2. The molecule has 4 nitrogen and oxygen atoms in total. The number of carbonyl (C=O) groups is 2. The molecule has 0 heterocycles. The number of carbonyl (C=O) groups excluding carboxylic acids is 2. The zero-order chi connectivity index (χ0) is 15.9. The van der Waals surface area contributed by atoms with E-state index in [1.165, 1.54) is 11.8 Å². The summed E-state index contributed by atoms with van der Waals surface area (Å²) in [6.45, 7) is 8.31. The maximum atomic E-state index is 12.2. The molecule has 1 rings (SSSR count). The molecule has 0 saturated heterocycles. The Morgan fingerprint density at radius 1 is 1.19 bits per heavy atom. The summed E-state index contributed by atoms with van der Waals surface area (Å²) in [6, 6.07) is 9.78. The van der Waals surface area contributed by atoms with Gasteiger partial charge in [-0.15, -0.1) is 11.8 Å². The first-order valence-corrected chi connectivity index (χ1v) is 8.07. The van der Waals surface area contributed by atoms with Gasteiger partial charge in [0.05, 0.1) is 12.3 Å². The smallest absolute Gasteiger partial charge is 0.240 e. The number of nitrogens with one attached hydrogen (secondary N) is 1. The summed E-state index contributed by atoms with van der Waals surface area (Å²) in [5.74, 6) is 0.207. The minimum Gasteiger partial charge on any atom is -0.350 e. The molecule has 0 spiro atoms. The molecule has 0 unspecified atom stereocenters. The molecule has 1 N–H and O–H groups in total. The van der Waals surface area contributed by atoms with Gasteiger partial charge < -0.3 is 10.2 Å². The van der Waals surface area contributed by atoms with Crippen LogP contribution in [0.5, 0.6) is 0 Å². The molecule has 0 bridgehead atoms. The molecule has 1 aromatic rings. The molecule has 0 aliphatic rings. The van der Waals surface area contributed by atoms with Crippen molar-refractivity contribution in [3.63, 3.8) is 0 Å². The lowest BCUT2D eigenvalue weighted by Gasteiger charge is -2.25. The van der Waals surface area contributed by atoms with Crippen LogP contribution >= 0.6 is 11.8 Å². The highest BCUT2D eigenvalue weighted by Gasteiger charge is 2.19. The van der Waals surface area contributed by atoms with Crippen LogP contribution in [0.2, 0.25) is 0 Å². The summed E-state index contributed by atoms with van der Waals surface area (Å²) in [7, 11) is 0. The van der Waals surface area contributed by atoms with Crippen molar-refractivity contribution in [2.45, 2.75) is 38.1 Å². The van der Waals surface area contributed by atoms with Gasteiger partial charge in [-0.3, -0.25) is 9.59 Å². The van der Waals surface area contributed by atoms with E-state index in [0.717, 1.165) is 4.90 Å². The molecule has 0 saturated carbocycles. The Balaban J connectivity index is 2.48. The van der Waals surface area contributed by atoms with E-state index in [2.05, 4.69) is 5.32 Å². The summed E-state index contributed by atoms with van der Waals surface area (Å²) in [5.41, 5.74) is -0.279. The number of thioether (sulfide) groups is 1. The van der Waals surface area contributed by atoms with Crippen LogP contribution in [-0.4, -0.2) is 41.1 Å². The van der Waals surface area contributed by atoms with E-state index >= 15 is 0 Å². The summed E-state index contributed by atoms with van der Waals surface area (Å²) < 4.78 is 0. The average Bonchev–Trinajstić information content (AvgIpc) is 2.41. The molecule has 116 valence electrons. The highest BCUT2D eigenvalue weighted by Crippen LogP contribution is 2.17. The van der Waals surface area contributed by atoms with Gasteiger partial charge in [-0.2, -0.15) is 0 Å². The lowest BCUT2D eigenvalue weighted by atomic mass is 10.1. The first-order valence-electron chi connectivity index (χ1n) is 7.08. The SMILES string of the molecule is CCN(CC(=O)NC(C)(C)C)C(=O)CSc1ccccc1. The Labute approximate surface area is 131 Å². The summed E-state index contributed by atoms with van der Waals surface area (Å²) in [6.07, 6.45) is 0. The standard InChI is InChI=1S/C16H24N2O2S/c1-5-18(11-14(19)17-16(2,3)4)15(20)12-21-13-9-7-6-8-10-13/h6-10H,5,11-12H2,1-4H3,(H,17,19). The second-order valence-corrected chi connectivity index (χ2v) is 6.86. The Morgan fingerprint density at radius 3 is 2.33 bits per heavy atom. The Morgan fingerprint density at radius 2 is 1.81 bits per heavy atom. The first-order chi connectivity index (χ1) is 9.81. The van der Waals surface area contributed by atoms with Crippen LogP contribution in [0.4, 0.5) is 0 Å². The third-order valence-corrected chi connectivity index (χ3v) is 3.69. The maximum absolute atomic E-state index is 12.2. The second-order valence-electron chi connectivity index (χ2n) is 5.81. The van der Waals surface area contributed by atoms with Crippen LogP contribution < -0.4 is 5.32 Å². The molecule has 0 fully saturated rings. The van der Waals surface area contributed by atoms with Gasteiger partial charge in [0.15, 0.2) is 0 Å². The number of nitrogens with zero attached hydrogens (tertiary/aromatic N) is 1. The lowest BCUT2D eigenvalue weighted by molar-refractivity contribution is -0.134. The van der Waals surface area contributed by atoms with Gasteiger partial charge in [0.1, 0.15) is 0 Å². The van der Waals surface area contributed by atoms with Gasteiger partial charge in [0, 0.05) is 17.0 Å². The van der Waals surface area contributed by atoms with Gasteiger partial charge in [-0.25, -0.2) is 0 Å². The zero-order valence-electron chi connectivity index (χ0n) is 13.2. The topological polar surface area (TPSA) is 49.4 Å². The number of benzene rings is 1. The third-order valence-electron chi connectivity index (χ3n) is 2.69. The fourth-order valence-electron chi connectivity index (χ4n) is 1.76. The highest BCUT2D eigenvalue weighted by molar-refractivity contribution is 8.00. The monoisotopic (exact) mass is 308 g/mol. The van der Waals surface area contributed by atoms with Crippen LogP contribution in [0.3, 0.4) is 0 Å². The van der Waals surface area contributed by atoms with Crippen molar-refractivity contribution in [2.24, 2.45) is 0 Å². The minimum atomic E-state index is -0.279. The molecule has 1 aromatic carbocycles. The van der Waals surface area contributed by atoms with Crippen LogP contribution in [-0.2, 0) is 9.59 Å². The predicted molar refractivity (Wildman–Crippen MR) is 87.3 cm³/mol. The zero-order valence-corrected chi connectivity index (χ0v) is 14.0. The molecule has 0 aliphatic carbocycles. The van der Waals surface area contributed by atoms with E-state index in [1.807, 2.05) is 58.0 Å². The fourth-order valence-corrected chi connectivity index (χ4v) is 2.58. The lowest BCUT2D eigenvalue weighted by Crippen LogP contribution is -2.47. The molecule has 0 aromatic heterocycles. The van der Waals surface area contributed by atoms with E-state index in [-0.39, 0.29) is 23.9 Å². The molecule has 5 heteroatoms. The highest BCUT2D eigenvalue weighted by atomic mass is 32.2. The molecule has 0 aliphatic heterocycles. The maximum Gasteiger partial charge on any atom is 0.240 e. The number of rotatable bonds is 6. The predicted octanol–water partition coefficient (Wildman–Crippen LogP) is 2.54. The van der Waals surface area contributed by atoms with Crippen LogP contribution in [0.25, 0.3) is 0 Å². The Hall–Kier alpha value is -1.49. The van der Waals surface area contributed by atoms with Crippen molar-refractivity contribution in [3.8, 4) is 0 Å². The van der Waals surface area contributed by atoms with Crippen molar-refractivity contribution in [3.05, 3.63) is 30.3 Å². The number of hydrogen-bond acceptors (Lipinski definition) is 3. The summed E-state index contributed by atoms with van der Waals surface area (Å²) in [4.78, 5) is 26.7. The number of likely N-dealkylation sites (N-methyl/N-ethyl adjacent to an activating group) is 1. The molecule has 21 heavy (non-hydrogen) atoms. The van der Waals surface area contributed by atoms with E-state index in [9.17, 15) is 9.59 Å². The van der Waals surface area contributed by atoms with Crippen molar-refractivity contribution in [1.82, 2.24) is 10.2 Å². The summed E-state index contributed by atoms with van der Waals surface area (Å²) >= 11 is 1.49. The van der Waals surface area contributed by atoms with Gasteiger partial charge in [-0.1, -0.05) is 18.2 Å². The van der Waals surface area contributed by atoms with Gasteiger partial charge in [0.25, 0.3) is 0 Å². The Bertz CT molecular complexity index is 469. The normalized spacial score (nSPS) is 11.0. The second kappa shape index (κ2) is 8.08. The molecule has 0 atom stereocenters. The van der Waals surface area contributed by atoms with Crippen molar-refractivity contribution in [1.29, 1.82) is 0 Å². The first kappa shape index (κ1) is 17.6. The van der Waals surface area contributed by atoms with Crippen molar-refractivity contribution < 1.29 is 9.59 Å². The van der Waals surface area contributed by atoms with E-state index in [0.29, 0.717) is 12.3 Å². The Kier molecular flexibility index (Phi) is 6.75.